The number of methoxy groups -OCH3 is 1. The number of urea groups is 1. The highest BCUT2D eigenvalue weighted by molar-refractivity contribution is 7.99. The van der Waals surface area contributed by atoms with Crippen LogP contribution >= 0.6 is 11.8 Å². The third-order valence-corrected chi connectivity index (χ3v) is 5.80. The zero-order valence-electron chi connectivity index (χ0n) is 13.5. The van der Waals surface area contributed by atoms with Crippen molar-refractivity contribution in [3.63, 3.8) is 0 Å². The van der Waals surface area contributed by atoms with E-state index in [1.165, 1.54) is 25.0 Å². The predicted octanol–water partition coefficient (Wildman–Crippen LogP) is 3.12. The lowest BCUT2D eigenvalue weighted by Gasteiger charge is -2.35. The number of hydrogen-bond donors (Lipinski definition) is 1. The number of nitrogens with zero attached hydrogens (tertiary/aromatic N) is 1. The molecule has 1 aliphatic carbocycles. The second-order valence-electron chi connectivity index (χ2n) is 6.30. The average Bonchev–Trinajstić information content (AvgIpc) is 2.48. The number of piperidine rings is 1. The minimum Gasteiger partial charge on any atom is -0.384 e. The van der Waals surface area contributed by atoms with Crippen LogP contribution in [0.3, 0.4) is 0 Å². The zero-order valence-corrected chi connectivity index (χ0v) is 14.3. The van der Waals surface area contributed by atoms with E-state index in [1.807, 2.05) is 16.7 Å². The van der Waals surface area contributed by atoms with Gasteiger partial charge in [-0.3, -0.25) is 0 Å². The third kappa shape index (κ3) is 5.37. The Kier molecular flexibility index (Phi) is 7.17. The molecule has 1 N–H and O–H groups in total. The summed E-state index contributed by atoms with van der Waals surface area (Å²) in [5.74, 6) is 1.68. The van der Waals surface area contributed by atoms with Crippen molar-refractivity contribution in [2.45, 2.75) is 56.7 Å². The molecule has 0 radical (unpaired) electrons. The Labute approximate surface area is 133 Å². The van der Waals surface area contributed by atoms with E-state index in [0.717, 1.165) is 44.2 Å². The molecule has 1 saturated heterocycles. The monoisotopic (exact) mass is 314 g/mol. The second kappa shape index (κ2) is 8.89. The second-order valence-corrected chi connectivity index (χ2v) is 7.88. The van der Waals surface area contributed by atoms with Crippen molar-refractivity contribution >= 4 is 17.8 Å². The van der Waals surface area contributed by atoms with Crippen LogP contribution in [0.25, 0.3) is 0 Å². The number of rotatable bonds is 5. The maximum absolute atomic E-state index is 12.4. The molecule has 0 spiro atoms. The molecule has 0 aromatic rings. The van der Waals surface area contributed by atoms with Gasteiger partial charge in [-0.25, -0.2) is 4.79 Å². The summed E-state index contributed by atoms with van der Waals surface area (Å²) in [5, 5.41) is 4.01. The van der Waals surface area contributed by atoms with Gasteiger partial charge in [-0.05, 0) is 37.9 Å². The number of carbonyl (C=O) groups is 1. The SMILES string of the molecule is CCS[C@@H]1CCC[C@@H](NC(=O)N2CCC[C@@H](COC)C2)C1. The summed E-state index contributed by atoms with van der Waals surface area (Å²) in [4.78, 5) is 14.4. The Balaban J connectivity index is 1.77. The van der Waals surface area contributed by atoms with Gasteiger partial charge in [0, 0.05) is 37.4 Å². The zero-order chi connectivity index (χ0) is 15.1. The molecule has 0 bridgehead atoms. The number of nitrogens with one attached hydrogen (secondary N) is 1. The van der Waals surface area contributed by atoms with Crippen LogP contribution < -0.4 is 5.32 Å². The Hall–Kier alpha value is -0.420. The fourth-order valence-corrected chi connectivity index (χ4v) is 4.72. The van der Waals surface area contributed by atoms with Crippen molar-refractivity contribution in [1.29, 1.82) is 0 Å². The molecule has 0 aromatic carbocycles. The van der Waals surface area contributed by atoms with Crippen molar-refractivity contribution in [1.82, 2.24) is 10.2 Å². The van der Waals surface area contributed by atoms with Gasteiger partial charge in [0.1, 0.15) is 0 Å². The van der Waals surface area contributed by atoms with Crippen LogP contribution in [0, 0.1) is 5.92 Å². The molecule has 0 unspecified atom stereocenters. The van der Waals surface area contributed by atoms with E-state index >= 15 is 0 Å². The minimum absolute atomic E-state index is 0.142. The van der Waals surface area contributed by atoms with Crippen LogP contribution in [0.4, 0.5) is 4.79 Å². The molecule has 2 fully saturated rings. The first-order valence-corrected chi connectivity index (χ1v) is 9.43. The van der Waals surface area contributed by atoms with Crippen molar-refractivity contribution < 1.29 is 9.53 Å². The van der Waals surface area contributed by atoms with Gasteiger partial charge >= 0.3 is 6.03 Å². The van der Waals surface area contributed by atoms with Crippen molar-refractivity contribution in [2.24, 2.45) is 5.92 Å². The maximum Gasteiger partial charge on any atom is 0.317 e. The van der Waals surface area contributed by atoms with Crippen LogP contribution in [-0.4, -0.2) is 54.8 Å². The van der Waals surface area contributed by atoms with E-state index in [4.69, 9.17) is 4.74 Å². The van der Waals surface area contributed by atoms with Gasteiger partial charge in [0.25, 0.3) is 0 Å². The van der Waals surface area contributed by atoms with Crippen LogP contribution in [0.15, 0.2) is 0 Å². The summed E-state index contributed by atoms with van der Waals surface area (Å²) < 4.78 is 5.24. The molecule has 2 rings (SSSR count). The molecule has 1 aliphatic heterocycles. The molecule has 122 valence electrons. The summed E-state index contributed by atoms with van der Waals surface area (Å²) in [7, 11) is 1.74. The highest BCUT2D eigenvalue weighted by Crippen LogP contribution is 2.28. The summed E-state index contributed by atoms with van der Waals surface area (Å²) in [5.41, 5.74) is 0. The van der Waals surface area contributed by atoms with Gasteiger partial charge in [0.15, 0.2) is 0 Å². The minimum atomic E-state index is 0.142. The van der Waals surface area contributed by atoms with Crippen molar-refractivity contribution in [2.75, 3.05) is 32.6 Å². The lowest BCUT2D eigenvalue weighted by atomic mass is 9.95. The number of hydrogen-bond acceptors (Lipinski definition) is 3. The fraction of sp³-hybridized carbons (Fsp3) is 0.938. The normalized spacial score (nSPS) is 30.2. The average molecular weight is 314 g/mol. The first-order valence-electron chi connectivity index (χ1n) is 8.39. The van der Waals surface area contributed by atoms with E-state index in [9.17, 15) is 4.79 Å². The Bertz CT molecular complexity index is 323. The summed E-state index contributed by atoms with van der Waals surface area (Å²) in [6.45, 7) is 4.73. The number of likely N-dealkylation sites (tertiary alicyclic amines) is 1. The van der Waals surface area contributed by atoms with Crippen molar-refractivity contribution in [3.8, 4) is 0 Å². The topological polar surface area (TPSA) is 41.6 Å². The largest absolute Gasteiger partial charge is 0.384 e. The molecule has 0 aromatic heterocycles. The van der Waals surface area contributed by atoms with Crippen LogP contribution in [0.2, 0.25) is 0 Å². The van der Waals surface area contributed by atoms with Gasteiger partial charge in [0.2, 0.25) is 0 Å². The van der Waals surface area contributed by atoms with E-state index in [1.54, 1.807) is 7.11 Å². The number of carbonyl (C=O) groups excluding carboxylic acids is 1. The number of thioether (sulfide) groups is 1. The maximum atomic E-state index is 12.4. The molecule has 3 atom stereocenters. The summed E-state index contributed by atoms with van der Waals surface area (Å²) in [6, 6.07) is 0.515. The van der Waals surface area contributed by atoms with Gasteiger partial charge in [0.05, 0.1) is 6.61 Å². The molecule has 1 saturated carbocycles. The smallest absolute Gasteiger partial charge is 0.317 e. The fourth-order valence-electron chi connectivity index (χ4n) is 3.55. The molecule has 5 heteroatoms. The number of amides is 2. The Morgan fingerprint density at radius 2 is 2.19 bits per heavy atom. The summed E-state index contributed by atoms with van der Waals surface area (Å²) >= 11 is 2.04. The molecule has 21 heavy (non-hydrogen) atoms. The molecule has 2 amide bonds. The van der Waals surface area contributed by atoms with Crippen molar-refractivity contribution in [3.05, 3.63) is 0 Å². The Morgan fingerprint density at radius 3 is 2.95 bits per heavy atom. The van der Waals surface area contributed by atoms with Crippen LogP contribution in [0.5, 0.6) is 0 Å². The van der Waals surface area contributed by atoms with Gasteiger partial charge in [-0.1, -0.05) is 13.3 Å². The van der Waals surface area contributed by atoms with E-state index < -0.39 is 0 Å². The highest BCUT2D eigenvalue weighted by atomic mass is 32.2. The van der Waals surface area contributed by atoms with E-state index in [-0.39, 0.29) is 6.03 Å². The quantitative estimate of drug-likeness (QED) is 0.848. The predicted molar refractivity (Wildman–Crippen MR) is 88.9 cm³/mol. The molecule has 1 heterocycles. The standard InChI is InChI=1S/C16H30N2O2S/c1-3-21-15-8-4-7-14(10-15)17-16(19)18-9-5-6-13(11-18)12-20-2/h13-15H,3-12H2,1-2H3,(H,17,19)/t13-,14-,15-/m1/s1. The first kappa shape index (κ1) is 16.9. The molecular weight excluding hydrogens is 284 g/mol. The molecule has 4 nitrogen and oxygen atoms in total. The lowest BCUT2D eigenvalue weighted by molar-refractivity contribution is 0.0990. The summed E-state index contributed by atoms with van der Waals surface area (Å²) in [6.07, 6.45) is 7.11. The van der Waals surface area contributed by atoms with Gasteiger partial charge < -0.3 is 15.0 Å². The van der Waals surface area contributed by atoms with Gasteiger partial charge in [-0.15, -0.1) is 0 Å². The highest BCUT2D eigenvalue weighted by Gasteiger charge is 2.27. The Morgan fingerprint density at radius 1 is 1.33 bits per heavy atom. The molecular formula is C16H30N2O2S. The van der Waals surface area contributed by atoms with Gasteiger partial charge in [-0.2, -0.15) is 11.8 Å². The molecule has 2 aliphatic rings. The third-order valence-electron chi connectivity index (χ3n) is 4.56. The van der Waals surface area contributed by atoms with Crippen LogP contribution in [0.1, 0.15) is 45.4 Å². The van der Waals surface area contributed by atoms with E-state index in [2.05, 4.69) is 12.2 Å². The first-order chi connectivity index (χ1) is 10.2. The number of ether oxygens (including phenoxy) is 1. The van der Waals surface area contributed by atoms with E-state index in [0.29, 0.717) is 12.0 Å². The lowest BCUT2D eigenvalue weighted by Crippen LogP contribution is -2.50. The van der Waals surface area contributed by atoms with Crippen LogP contribution in [-0.2, 0) is 4.74 Å².